The van der Waals surface area contributed by atoms with Gasteiger partial charge in [-0.15, -0.1) is 0 Å². The van der Waals surface area contributed by atoms with Gasteiger partial charge in [-0.3, -0.25) is 0 Å². The first-order chi connectivity index (χ1) is 5.59. The van der Waals surface area contributed by atoms with Gasteiger partial charge in [0.2, 0.25) is 0 Å². The predicted octanol–water partition coefficient (Wildman–Crippen LogP) is 1.33. The van der Waals surface area contributed by atoms with Crippen molar-refractivity contribution in [2.75, 3.05) is 0 Å². The Bertz CT molecular complexity index is 318. The fourth-order valence-corrected chi connectivity index (χ4v) is 0.679. The molecule has 1 heterocycles. The second-order valence-corrected chi connectivity index (χ2v) is 2.22. The Labute approximate surface area is 72.1 Å². The molecule has 0 aromatic carbocycles. The van der Waals surface area contributed by atoms with Gasteiger partial charge in [0, 0.05) is 6.07 Å². The molecule has 1 amide bonds. The summed E-state index contributed by atoms with van der Waals surface area (Å²) in [4.78, 5) is 13.6. The molecule has 0 bridgehead atoms. The lowest BCUT2D eigenvalue weighted by Crippen LogP contribution is -2.16. The number of pyridine rings is 1. The molecule has 2 N–H and O–H groups in total. The van der Waals surface area contributed by atoms with E-state index in [2.05, 4.69) is 15.5 Å². The van der Waals surface area contributed by atoms with Crippen molar-refractivity contribution >= 4 is 17.7 Å². The standard InChI is InChI=1S/C6H4ClFN2O2/c7-5-4(8)1-3(2-10-5)12-6(9)11/h1-2H,(H2,9,11). The molecule has 0 spiro atoms. The number of rotatable bonds is 1. The van der Waals surface area contributed by atoms with E-state index in [0.29, 0.717) is 0 Å². The number of nitrogens with two attached hydrogens (primary N) is 1. The Morgan fingerprint density at radius 3 is 2.92 bits per heavy atom. The van der Waals surface area contributed by atoms with E-state index >= 15 is 0 Å². The van der Waals surface area contributed by atoms with Gasteiger partial charge in [-0.1, -0.05) is 11.6 Å². The third kappa shape index (κ3) is 2.06. The Balaban J connectivity index is 2.89. The second kappa shape index (κ2) is 3.36. The van der Waals surface area contributed by atoms with Gasteiger partial charge in [0.1, 0.15) is 0 Å². The van der Waals surface area contributed by atoms with Crippen LogP contribution in [0, 0.1) is 5.82 Å². The maximum Gasteiger partial charge on any atom is 0.410 e. The van der Waals surface area contributed by atoms with E-state index in [-0.39, 0.29) is 10.9 Å². The molecule has 0 atom stereocenters. The molecule has 1 aromatic rings. The molecule has 6 heteroatoms. The lowest BCUT2D eigenvalue weighted by Gasteiger charge is -1.99. The first-order valence-corrected chi connectivity index (χ1v) is 3.25. The van der Waals surface area contributed by atoms with Crippen molar-refractivity contribution in [3.8, 4) is 5.75 Å². The molecule has 0 aliphatic rings. The average Bonchev–Trinajstić information content (AvgIpc) is 1.96. The highest BCUT2D eigenvalue weighted by atomic mass is 35.5. The molecule has 64 valence electrons. The molecule has 0 saturated carbocycles. The van der Waals surface area contributed by atoms with Gasteiger partial charge < -0.3 is 10.5 Å². The van der Waals surface area contributed by atoms with Crippen molar-refractivity contribution in [3.05, 3.63) is 23.2 Å². The molecule has 0 aliphatic carbocycles. The number of hydrogen-bond acceptors (Lipinski definition) is 3. The van der Waals surface area contributed by atoms with Crippen molar-refractivity contribution in [2.45, 2.75) is 0 Å². The molecule has 1 aromatic heterocycles. The maximum atomic E-state index is 12.6. The zero-order valence-corrected chi connectivity index (χ0v) is 6.51. The number of carbonyl (C=O) groups is 1. The predicted molar refractivity (Wildman–Crippen MR) is 39.4 cm³/mol. The normalized spacial score (nSPS) is 9.50. The number of primary amides is 1. The van der Waals surface area contributed by atoms with Crippen LogP contribution in [0.2, 0.25) is 5.15 Å². The molecule has 0 fully saturated rings. The summed E-state index contributed by atoms with van der Waals surface area (Å²) in [5, 5.41) is -0.285. The van der Waals surface area contributed by atoms with Crippen LogP contribution in [0.15, 0.2) is 12.3 Å². The van der Waals surface area contributed by atoms with Gasteiger partial charge in [-0.2, -0.15) is 0 Å². The number of aromatic nitrogens is 1. The van der Waals surface area contributed by atoms with Crippen LogP contribution in [0.3, 0.4) is 0 Å². The van der Waals surface area contributed by atoms with Crippen molar-refractivity contribution in [3.63, 3.8) is 0 Å². The first-order valence-electron chi connectivity index (χ1n) is 2.88. The Hall–Kier alpha value is -1.36. The van der Waals surface area contributed by atoms with Crippen LogP contribution in [-0.2, 0) is 0 Å². The minimum absolute atomic E-state index is 0.0793. The van der Waals surface area contributed by atoms with E-state index in [1.54, 1.807) is 0 Å². The van der Waals surface area contributed by atoms with E-state index < -0.39 is 11.9 Å². The largest absolute Gasteiger partial charge is 0.410 e. The summed E-state index contributed by atoms with van der Waals surface area (Å²) in [5.41, 5.74) is 4.67. The second-order valence-electron chi connectivity index (χ2n) is 1.86. The smallest absolute Gasteiger partial charge is 0.409 e. The van der Waals surface area contributed by atoms with E-state index in [1.807, 2.05) is 0 Å². The number of nitrogens with zero attached hydrogens (tertiary/aromatic N) is 1. The highest BCUT2D eigenvalue weighted by molar-refractivity contribution is 6.29. The first kappa shape index (κ1) is 8.73. The summed E-state index contributed by atoms with van der Waals surface area (Å²) in [6.45, 7) is 0. The van der Waals surface area contributed by atoms with E-state index in [4.69, 9.17) is 11.6 Å². The highest BCUT2D eigenvalue weighted by Crippen LogP contribution is 2.16. The van der Waals surface area contributed by atoms with Gasteiger partial charge in [-0.05, 0) is 0 Å². The number of halogens is 2. The number of carbonyl (C=O) groups excluding carboxylic acids is 1. The summed E-state index contributed by atoms with van der Waals surface area (Å²) in [5.74, 6) is -0.847. The summed E-state index contributed by atoms with van der Waals surface area (Å²) >= 11 is 5.26. The van der Waals surface area contributed by atoms with Crippen LogP contribution in [0.4, 0.5) is 9.18 Å². The average molecular weight is 191 g/mol. The van der Waals surface area contributed by atoms with Crippen molar-refractivity contribution in [1.82, 2.24) is 4.98 Å². The van der Waals surface area contributed by atoms with Crippen molar-refractivity contribution in [1.29, 1.82) is 0 Å². The van der Waals surface area contributed by atoms with Crippen LogP contribution in [0.5, 0.6) is 5.75 Å². The Morgan fingerprint density at radius 2 is 2.42 bits per heavy atom. The SMILES string of the molecule is NC(=O)Oc1cnc(Cl)c(F)c1. The molecule has 0 unspecified atom stereocenters. The van der Waals surface area contributed by atoms with Gasteiger partial charge in [-0.25, -0.2) is 14.2 Å². The lowest BCUT2D eigenvalue weighted by molar-refractivity contribution is 0.210. The Kier molecular flexibility index (Phi) is 2.44. The maximum absolute atomic E-state index is 12.6. The third-order valence-electron chi connectivity index (χ3n) is 0.990. The van der Waals surface area contributed by atoms with E-state index in [1.165, 1.54) is 0 Å². The molecule has 0 aliphatic heterocycles. The Morgan fingerprint density at radius 1 is 1.75 bits per heavy atom. The molecule has 1 rings (SSSR count). The summed E-state index contributed by atoms with van der Waals surface area (Å²) in [6, 6.07) is 0.917. The van der Waals surface area contributed by atoms with Crippen molar-refractivity contribution in [2.24, 2.45) is 5.73 Å². The lowest BCUT2D eigenvalue weighted by atomic mass is 10.4. The minimum Gasteiger partial charge on any atom is -0.409 e. The zero-order valence-electron chi connectivity index (χ0n) is 5.75. The van der Waals surface area contributed by atoms with Gasteiger partial charge >= 0.3 is 6.09 Å². The van der Waals surface area contributed by atoms with E-state index in [9.17, 15) is 9.18 Å². The van der Waals surface area contributed by atoms with Crippen LogP contribution < -0.4 is 10.5 Å². The molecule has 0 saturated heterocycles. The quantitative estimate of drug-likeness (QED) is 0.680. The topological polar surface area (TPSA) is 65.2 Å². The molecular weight excluding hydrogens is 187 g/mol. The molecule has 0 radical (unpaired) electrons. The van der Waals surface area contributed by atoms with Gasteiger partial charge in [0.05, 0.1) is 6.20 Å². The monoisotopic (exact) mass is 190 g/mol. The summed E-state index contributed by atoms with van der Waals surface area (Å²) in [7, 11) is 0. The van der Waals surface area contributed by atoms with Crippen molar-refractivity contribution < 1.29 is 13.9 Å². The van der Waals surface area contributed by atoms with Crippen LogP contribution >= 0.6 is 11.6 Å². The van der Waals surface area contributed by atoms with Crippen LogP contribution in [0.25, 0.3) is 0 Å². The van der Waals surface area contributed by atoms with Crippen LogP contribution in [-0.4, -0.2) is 11.1 Å². The van der Waals surface area contributed by atoms with Gasteiger partial charge in [0.15, 0.2) is 16.7 Å². The molecular formula is C6H4ClFN2O2. The number of ether oxygens (including phenoxy) is 1. The minimum atomic E-state index is -1.03. The highest BCUT2D eigenvalue weighted by Gasteiger charge is 2.04. The fourth-order valence-electron chi connectivity index (χ4n) is 0.576. The number of hydrogen-bond donors (Lipinski definition) is 1. The molecule has 4 nitrogen and oxygen atoms in total. The van der Waals surface area contributed by atoms with Gasteiger partial charge in [0.25, 0.3) is 0 Å². The summed E-state index contributed by atoms with van der Waals surface area (Å²) in [6.07, 6.45) is 0.0643. The number of amides is 1. The summed E-state index contributed by atoms with van der Waals surface area (Å²) < 4.78 is 16.9. The zero-order chi connectivity index (χ0) is 9.14. The third-order valence-corrected chi connectivity index (χ3v) is 1.27. The van der Waals surface area contributed by atoms with E-state index in [0.717, 1.165) is 12.3 Å². The fraction of sp³-hybridized carbons (Fsp3) is 0. The molecule has 12 heavy (non-hydrogen) atoms. The van der Waals surface area contributed by atoms with Crippen LogP contribution in [0.1, 0.15) is 0 Å².